The van der Waals surface area contributed by atoms with Gasteiger partial charge in [-0.05, 0) is 47.6 Å². The molecule has 1 unspecified atom stereocenters. The maximum absolute atomic E-state index is 15.1. The summed E-state index contributed by atoms with van der Waals surface area (Å²) in [4.78, 5) is 47.7. The summed E-state index contributed by atoms with van der Waals surface area (Å²) in [5.74, 6) is -3.35. The molecule has 0 spiro atoms. The number of alkyl halides is 1. The van der Waals surface area contributed by atoms with Gasteiger partial charge in [0.2, 0.25) is 0 Å². The molecule has 27 heavy (non-hydrogen) atoms. The van der Waals surface area contributed by atoms with Gasteiger partial charge >= 0.3 is 24.1 Å². The molecule has 152 valence electrons. The van der Waals surface area contributed by atoms with E-state index in [9.17, 15) is 24.3 Å². The van der Waals surface area contributed by atoms with Crippen molar-refractivity contribution in [3.63, 3.8) is 0 Å². The average molecular weight is 389 g/mol. The number of carbonyl (C=O) groups is 4. The van der Waals surface area contributed by atoms with Crippen molar-refractivity contribution in [2.45, 2.75) is 70.4 Å². The first kappa shape index (κ1) is 22.4. The number of carboxylic acid groups (broad SMARTS) is 2. The van der Waals surface area contributed by atoms with E-state index < -0.39 is 53.0 Å². The van der Waals surface area contributed by atoms with E-state index in [1.807, 2.05) is 0 Å². The topological polar surface area (TPSA) is 130 Å². The predicted octanol–water partition coefficient (Wildman–Crippen LogP) is 2.73. The molecule has 1 aliphatic rings. The van der Waals surface area contributed by atoms with Crippen molar-refractivity contribution < 1.29 is 43.3 Å². The zero-order valence-electron chi connectivity index (χ0n) is 16.0. The number of hydrogen-bond donors (Lipinski definition) is 2. The third-order valence-corrected chi connectivity index (χ3v) is 3.45. The SMILES string of the molecule is CC(C)(C)OC(=O)N(C(=O)OC(C)(C)C)C1(C(=O)O)C[C@@]1(F)/C=C/C(=O)O. The second kappa shape index (κ2) is 6.82. The molecule has 1 rings (SSSR count). The summed E-state index contributed by atoms with van der Waals surface area (Å²) in [6, 6.07) is 0. The van der Waals surface area contributed by atoms with Crippen molar-refractivity contribution in [1.29, 1.82) is 0 Å². The van der Waals surface area contributed by atoms with Crippen molar-refractivity contribution in [2.75, 3.05) is 0 Å². The first-order valence-corrected chi connectivity index (χ1v) is 8.06. The van der Waals surface area contributed by atoms with Gasteiger partial charge in [-0.3, -0.25) is 0 Å². The van der Waals surface area contributed by atoms with Crippen molar-refractivity contribution in [3.05, 3.63) is 12.2 Å². The van der Waals surface area contributed by atoms with E-state index in [1.54, 1.807) is 0 Å². The summed E-state index contributed by atoms with van der Waals surface area (Å²) in [7, 11) is 0. The molecule has 1 fully saturated rings. The summed E-state index contributed by atoms with van der Waals surface area (Å²) >= 11 is 0. The Bertz CT molecular complexity index is 662. The molecule has 0 radical (unpaired) electrons. The van der Waals surface area contributed by atoms with E-state index in [-0.39, 0.29) is 4.90 Å². The van der Waals surface area contributed by atoms with Gasteiger partial charge in [-0.1, -0.05) is 0 Å². The number of ether oxygens (including phenoxy) is 2. The Morgan fingerprint density at radius 2 is 1.37 bits per heavy atom. The highest BCUT2D eigenvalue weighted by Gasteiger charge is 2.80. The van der Waals surface area contributed by atoms with E-state index in [2.05, 4.69) is 0 Å². The summed E-state index contributed by atoms with van der Waals surface area (Å²) in [6.45, 7) is 8.87. The third-order valence-electron chi connectivity index (χ3n) is 3.45. The highest BCUT2D eigenvalue weighted by atomic mass is 19.1. The predicted molar refractivity (Wildman–Crippen MR) is 89.9 cm³/mol. The number of carbonyl (C=O) groups excluding carboxylic acids is 2. The number of hydrogen-bond acceptors (Lipinski definition) is 6. The summed E-state index contributed by atoms with van der Waals surface area (Å²) in [5, 5.41) is 18.3. The largest absolute Gasteiger partial charge is 0.479 e. The minimum absolute atomic E-state index is 0.0675. The van der Waals surface area contributed by atoms with Crippen LogP contribution in [-0.2, 0) is 19.1 Å². The Kier molecular flexibility index (Phi) is 5.66. The quantitative estimate of drug-likeness (QED) is 0.702. The zero-order chi connectivity index (χ0) is 21.4. The fourth-order valence-corrected chi connectivity index (χ4v) is 2.34. The fraction of sp³-hybridized carbons (Fsp3) is 0.647. The standard InChI is InChI=1S/C17H24FNO8/c1-14(2,3)26-12(24)19(13(25)27-15(4,5)6)17(11(22)23)9-16(17,18)8-7-10(20)21/h7-8H,9H2,1-6H3,(H,20,21)(H,22,23)/b8-7+/t16-,17?/m0/s1. The molecular formula is C17H24FNO8. The van der Waals surface area contributed by atoms with Crippen LogP contribution in [0.2, 0.25) is 0 Å². The van der Waals surface area contributed by atoms with Gasteiger partial charge in [0.25, 0.3) is 0 Å². The van der Waals surface area contributed by atoms with Gasteiger partial charge in [0.15, 0.2) is 11.2 Å². The minimum Gasteiger partial charge on any atom is -0.479 e. The van der Waals surface area contributed by atoms with Crippen molar-refractivity contribution in [3.8, 4) is 0 Å². The smallest absolute Gasteiger partial charge is 0.421 e. The van der Waals surface area contributed by atoms with Crippen LogP contribution in [0.25, 0.3) is 0 Å². The van der Waals surface area contributed by atoms with Crippen LogP contribution in [-0.4, -0.2) is 61.6 Å². The lowest BCUT2D eigenvalue weighted by Crippen LogP contribution is -2.56. The second-order valence-electron chi connectivity index (χ2n) is 8.17. The number of nitrogens with zero attached hydrogens (tertiary/aromatic N) is 1. The van der Waals surface area contributed by atoms with Crippen LogP contribution in [0.3, 0.4) is 0 Å². The van der Waals surface area contributed by atoms with Crippen molar-refractivity contribution in [2.24, 2.45) is 0 Å². The molecule has 9 nitrogen and oxygen atoms in total. The average Bonchev–Trinajstić information content (AvgIpc) is 3.00. The number of carboxylic acids is 2. The lowest BCUT2D eigenvalue weighted by atomic mass is 10.1. The lowest BCUT2D eigenvalue weighted by molar-refractivity contribution is -0.146. The van der Waals surface area contributed by atoms with Crippen molar-refractivity contribution >= 4 is 24.1 Å². The maximum Gasteiger partial charge on any atom is 0.421 e. The lowest BCUT2D eigenvalue weighted by Gasteiger charge is -2.32. The number of imide groups is 1. The molecule has 2 N–H and O–H groups in total. The highest BCUT2D eigenvalue weighted by Crippen LogP contribution is 2.57. The normalized spacial score (nSPS) is 25.0. The van der Waals surface area contributed by atoms with E-state index in [0.29, 0.717) is 12.2 Å². The van der Waals surface area contributed by atoms with E-state index in [4.69, 9.17) is 14.6 Å². The molecule has 0 aliphatic heterocycles. The number of halogens is 1. The van der Waals surface area contributed by atoms with Gasteiger partial charge in [0.05, 0.1) is 0 Å². The van der Waals surface area contributed by atoms with E-state index in [1.165, 1.54) is 41.5 Å². The summed E-state index contributed by atoms with van der Waals surface area (Å²) in [5.41, 5.74) is -7.68. The van der Waals surface area contributed by atoms with Crippen LogP contribution < -0.4 is 0 Å². The monoisotopic (exact) mass is 389 g/mol. The molecule has 2 amide bonds. The minimum atomic E-state index is -2.79. The Hall–Kier alpha value is -2.65. The third kappa shape index (κ3) is 4.95. The van der Waals surface area contributed by atoms with Gasteiger partial charge in [-0.25, -0.2) is 23.6 Å². The Labute approximate surface area is 155 Å². The zero-order valence-corrected chi connectivity index (χ0v) is 16.0. The van der Waals surface area contributed by atoms with Gasteiger partial charge in [0, 0.05) is 12.5 Å². The maximum atomic E-state index is 15.1. The van der Waals surface area contributed by atoms with Crippen LogP contribution >= 0.6 is 0 Å². The molecule has 2 atom stereocenters. The number of rotatable bonds is 4. The van der Waals surface area contributed by atoms with Crippen LogP contribution in [0.5, 0.6) is 0 Å². The van der Waals surface area contributed by atoms with Crippen LogP contribution in [0, 0.1) is 0 Å². The molecule has 0 heterocycles. The fourth-order valence-electron chi connectivity index (χ4n) is 2.34. The first-order chi connectivity index (χ1) is 12.0. The molecule has 0 aromatic carbocycles. The molecule has 1 aliphatic carbocycles. The molecule has 0 aromatic heterocycles. The van der Waals surface area contributed by atoms with Crippen LogP contribution in [0.1, 0.15) is 48.0 Å². The molecule has 0 aromatic rings. The van der Waals surface area contributed by atoms with Crippen molar-refractivity contribution in [1.82, 2.24) is 4.90 Å². The van der Waals surface area contributed by atoms with Gasteiger partial charge in [0.1, 0.15) is 11.2 Å². The first-order valence-electron chi connectivity index (χ1n) is 8.06. The molecule has 10 heteroatoms. The molecule has 0 bridgehead atoms. The van der Waals surface area contributed by atoms with E-state index in [0.717, 1.165) is 0 Å². The van der Waals surface area contributed by atoms with Crippen LogP contribution in [0.4, 0.5) is 14.0 Å². The molecule has 0 saturated heterocycles. The van der Waals surface area contributed by atoms with Gasteiger partial charge < -0.3 is 19.7 Å². The van der Waals surface area contributed by atoms with E-state index >= 15 is 4.39 Å². The Balaban J connectivity index is 3.42. The molecule has 1 saturated carbocycles. The van der Waals surface area contributed by atoms with Gasteiger partial charge in [-0.2, -0.15) is 4.90 Å². The second-order valence-corrected chi connectivity index (χ2v) is 8.17. The summed E-state index contributed by atoms with van der Waals surface area (Å²) in [6.07, 6.45) is -2.76. The number of aliphatic carboxylic acids is 2. The highest BCUT2D eigenvalue weighted by molar-refractivity contribution is 6.00. The van der Waals surface area contributed by atoms with Crippen LogP contribution in [0.15, 0.2) is 12.2 Å². The summed E-state index contributed by atoms with van der Waals surface area (Å²) < 4.78 is 25.2. The van der Waals surface area contributed by atoms with Gasteiger partial charge in [-0.15, -0.1) is 0 Å². The molecular weight excluding hydrogens is 365 g/mol. The number of amides is 2. The Morgan fingerprint density at radius 3 is 1.67 bits per heavy atom. The Morgan fingerprint density at radius 1 is 0.963 bits per heavy atom.